The molecule has 2 nitrogen and oxygen atoms in total. The van der Waals surface area contributed by atoms with E-state index in [9.17, 15) is 10.2 Å². The fraction of sp³-hybridized carbons (Fsp3) is 0.0526. The summed E-state index contributed by atoms with van der Waals surface area (Å²) in [5.41, 5.74) is 4.83. The summed E-state index contributed by atoms with van der Waals surface area (Å²) >= 11 is 0. The Balaban J connectivity index is 2.25. The lowest BCUT2D eigenvalue weighted by atomic mass is 9.92. The number of benzene rings is 3. The van der Waals surface area contributed by atoms with Gasteiger partial charge in [-0.2, -0.15) is 0 Å². The second kappa shape index (κ2) is 5.81. The molecule has 2 heteroatoms. The lowest BCUT2D eigenvalue weighted by Gasteiger charge is -2.13. The van der Waals surface area contributed by atoms with E-state index in [4.69, 9.17) is 0 Å². The Morgan fingerprint density at radius 2 is 1.38 bits per heavy atom. The average molecular weight is 276 g/mol. The van der Waals surface area contributed by atoms with E-state index in [0.29, 0.717) is 0 Å². The van der Waals surface area contributed by atoms with E-state index in [1.165, 1.54) is 0 Å². The average Bonchev–Trinajstić information content (AvgIpc) is 2.55. The summed E-state index contributed by atoms with van der Waals surface area (Å²) in [5, 5.41) is 19.4. The molecule has 3 aromatic carbocycles. The fourth-order valence-corrected chi connectivity index (χ4v) is 2.55. The standard InChI is InChI=1S/C19H16O2/c20-13-15-8-4-5-9-17(15)19-12-16(21)10-11-18(19)14-6-2-1-3-7-14/h1-12,20-21H,13H2. The van der Waals surface area contributed by atoms with Crippen molar-refractivity contribution in [1.29, 1.82) is 0 Å². The molecule has 0 fully saturated rings. The van der Waals surface area contributed by atoms with E-state index in [1.54, 1.807) is 12.1 Å². The monoisotopic (exact) mass is 276 g/mol. The molecule has 0 aliphatic carbocycles. The molecule has 0 spiro atoms. The SMILES string of the molecule is OCc1ccccc1-c1cc(O)ccc1-c1ccccc1. The number of hydrogen-bond acceptors (Lipinski definition) is 2. The van der Waals surface area contributed by atoms with Gasteiger partial charge in [-0.15, -0.1) is 0 Å². The molecular weight excluding hydrogens is 260 g/mol. The topological polar surface area (TPSA) is 40.5 Å². The van der Waals surface area contributed by atoms with Crippen LogP contribution in [0.15, 0.2) is 72.8 Å². The van der Waals surface area contributed by atoms with Crippen molar-refractivity contribution >= 4 is 0 Å². The minimum Gasteiger partial charge on any atom is -0.508 e. The molecule has 3 rings (SSSR count). The maximum atomic E-state index is 9.85. The number of aliphatic hydroxyl groups excluding tert-OH is 1. The second-order valence-corrected chi connectivity index (χ2v) is 4.91. The summed E-state index contributed by atoms with van der Waals surface area (Å²) in [4.78, 5) is 0. The van der Waals surface area contributed by atoms with Crippen molar-refractivity contribution in [2.24, 2.45) is 0 Å². The summed E-state index contributed by atoms with van der Waals surface area (Å²) in [6.07, 6.45) is 0. The lowest BCUT2D eigenvalue weighted by Crippen LogP contribution is -1.91. The Hall–Kier alpha value is -2.58. The van der Waals surface area contributed by atoms with Crippen LogP contribution >= 0.6 is 0 Å². The fourth-order valence-electron chi connectivity index (χ4n) is 2.55. The molecule has 0 aliphatic rings. The van der Waals surface area contributed by atoms with Gasteiger partial charge in [-0.3, -0.25) is 0 Å². The Morgan fingerprint density at radius 1 is 0.667 bits per heavy atom. The smallest absolute Gasteiger partial charge is 0.116 e. The highest BCUT2D eigenvalue weighted by Gasteiger charge is 2.11. The van der Waals surface area contributed by atoms with Gasteiger partial charge in [0.15, 0.2) is 0 Å². The predicted molar refractivity (Wildman–Crippen MR) is 84.9 cm³/mol. The molecule has 0 aliphatic heterocycles. The minimum atomic E-state index is -0.0277. The van der Waals surface area contributed by atoms with E-state index >= 15 is 0 Å². The van der Waals surface area contributed by atoms with Crippen molar-refractivity contribution in [1.82, 2.24) is 0 Å². The van der Waals surface area contributed by atoms with Crippen LogP contribution in [0.5, 0.6) is 5.75 Å². The molecule has 2 N–H and O–H groups in total. The zero-order valence-corrected chi connectivity index (χ0v) is 11.5. The Labute approximate surface area is 123 Å². The molecule has 3 aromatic rings. The van der Waals surface area contributed by atoms with E-state index in [0.717, 1.165) is 27.8 Å². The van der Waals surface area contributed by atoms with Crippen LogP contribution < -0.4 is 0 Å². The zero-order valence-electron chi connectivity index (χ0n) is 11.5. The summed E-state index contributed by atoms with van der Waals surface area (Å²) in [6.45, 7) is -0.0277. The molecule has 0 atom stereocenters. The highest BCUT2D eigenvalue weighted by molar-refractivity contribution is 5.85. The van der Waals surface area contributed by atoms with Crippen LogP contribution in [0.1, 0.15) is 5.56 Å². The van der Waals surface area contributed by atoms with Gasteiger partial charge in [-0.25, -0.2) is 0 Å². The number of rotatable bonds is 3. The largest absolute Gasteiger partial charge is 0.508 e. The second-order valence-electron chi connectivity index (χ2n) is 4.91. The van der Waals surface area contributed by atoms with Crippen LogP contribution in [0.2, 0.25) is 0 Å². The first-order valence-corrected chi connectivity index (χ1v) is 6.87. The molecule has 0 unspecified atom stereocenters. The van der Waals surface area contributed by atoms with E-state index in [1.807, 2.05) is 60.7 Å². The van der Waals surface area contributed by atoms with Crippen LogP contribution in [-0.2, 0) is 6.61 Å². The molecule has 0 radical (unpaired) electrons. The number of phenolic OH excluding ortho intramolecular Hbond substituents is 1. The number of phenols is 1. The van der Waals surface area contributed by atoms with Gasteiger partial charge in [-0.1, -0.05) is 60.7 Å². The van der Waals surface area contributed by atoms with E-state index in [2.05, 4.69) is 0 Å². The van der Waals surface area contributed by atoms with Gasteiger partial charge in [0, 0.05) is 0 Å². The van der Waals surface area contributed by atoms with Crippen LogP contribution in [0.3, 0.4) is 0 Å². The van der Waals surface area contributed by atoms with Crippen LogP contribution in [-0.4, -0.2) is 10.2 Å². The van der Waals surface area contributed by atoms with Gasteiger partial charge in [0.25, 0.3) is 0 Å². The Morgan fingerprint density at radius 3 is 2.14 bits per heavy atom. The number of aliphatic hydroxyl groups is 1. The third kappa shape index (κ3) is 2.67. The lowest BCUT2D eigenvalue weighted by molar-refractivity contribution is 0.282. The summed E-state index contributed by atoms with van der Waals surface area (Å²) in [5.74, 6) is 0.220. The molecule has 0 heterocycles. The van der Waals surface area contributed by atoms with E-state index < -0.39 is 0 Å². The van der Waals surface area contributed by atoms with Crippen LogP contribution in [0, 0.1) is 0 Å². The highest BCUT2D eigenvalue weighted by atomic mass is 16.3. The van der Waals surface area contributed by atoms with Gasteiger partial charge in [0.05, 0.1) is 6.61 Å². The minimum absolute atomic E-state index is 0.0277. The normalized spacial score (nSPS) is 10.5. The third-order valence-corrected chi connectivity index (χ3v) is 3.57. The van der Waals surface area contributed by atoms with Gasteiger partial charge < -0.3 is 10.2 Å². The quantitative estimate of drug-likeness (QED) is 0.752. The first-order chi connectivity index (χ1) is 10.3. The molecule has 0 aromatic heterocycles. The zero-order chi connectivity index (χ0) is 14.7. The molecule has 0 bridgehead atoms. The van der Waals surface area contributed by atoms with E-state index in [-0.39, 0.29) is 12.4 Å². The van der Waals surface area contributed by atoms with Crippen LogP contribution in [0.4, 0.5) is 0 Å². The molecule has 21 heavy (non-hydrogen) atoms. The van der Waals surface area contributed by atoms with Crippen molar-refractivity contribution in [3.8, 4) is 28.0 Å². The summed E-state index contributed by atoms with van der Waals surface area (Å²) in [6, 6.07) is 23.1. The Kier molecular flexibility index (Phi) is 3.71. The van der Waals surface area contributed by atoms with Gasteiger partial charge in [0.2, 0.25) is 0 Å². The maximum Gasteiger partial charge on any atom is 0.116 e. The first-order valence-electron chi connectivity index (χ1n) is 6.87. The molecule has 0 saturated heterocycles. The third-order valence-electron chi connectivity index (χ3n) is 3.57. The van der Waals surface area contributed by atoms with Crippen molar-refractivity contribution in [2.75, 3.05) is 0 Å². The molecule has 0 saturated carbocycles. The van der Waals surface area contributed by atoms with Crippen LogP contribution in [0.25, 0.3) is 22.3 Å². The highest BCUT2D eigenvalue weighted by Crippen LogP contribution is 2.36. The Bertz CT molecular complexity index is 749. The van der Waals surface area contributed by atoms with Crippen molar-refractivity contribution in [3.63, 3.8) is 0 Å². The summed E-state index contributed by atoms with van der Waals surface area (Å²) in [7, 11) is 0. The van der Waals surface area contributed by atoms with Crippen molar-refractivity contribution < 1.29 is 10.2 Å². The van der Waals surface area contributed by atoms with Crippen molar-refractivity contribution in [3.05, 3.63) is 78.4 Å². The van der Waals surface area contributed by atoms with Gasteiger partial charge >= 0.3 is 0 Å². The molecular formula is C19H16O2. The van der Waals surface area contributed by atoms with Gasteiger partial charge in [0.1, 0.15) is 5.75 Å². The maximum absolute atomic E-state index is 9.85. The van der Waals surface area contributed by atoms with Gasteiger partial charge in [-0.05, 0) is 39.9 Å². The molecule has 104 valence electrons. The first kappa shape index (κ1) is 13.4. The summed E-state index contributed by atoms with van der Waals surface area (Å²) < 4.78 is 0. The number of hydrogen-bond donors (Lipinski definition) is 2. The predicted octanol–water partition coefficient (Wildman–Crippen LogP) is 4.22. The molecule has 0 amide bonds. The van der Waals surface area contributed by atoms with Crippen molar-refractivity contribution in [2.45, 2.75) is 6.61 Å². The number of aromatic hydroxyl groups is 1.